The summed E-state index contributed by atoms with van der Waals surface area (Å²) in [6, 6.07) is 14.3. The summed E-state index contributed by atoms with van der Waals surface area (Å²) in [6.45, 7) is 1.21. The molecule has 2 aliphatic rings. The molecule has 2 aliphatic heterocycles. The summed E-state index contributed by atoms with van der Waals surface area (Å²) < 4.78 is 80.6. The zero-order valence-electron chi connectivity index (χ0n) is 23.7. The Hall–Kier alpha value is -4.88. The van der Waals surface area contributed by atoms with Crippen LogP contribution in [0.1, 0.15) is 45.7 Å². The number of aryl methyl sites for hydroxylation is 1. The van der Waals surface area contributed by atoms with Crippen molar-refractivity contribution in [2.75, 3.05) is 18.0 Å². The number of rotatable bonds is 4. The Morgan fingerprint density at radius 2 is 1.49 bits per heavy atom. The van der Waals surface area contributed by atoms with Crippen molar-refractivity contribution in [3.8, 4) is 0 Å². The number of imide groups is 1. The number of carbonyl (C=O) groups is 3. The van der Waals surface area contributed by atoms with Crippen LogP contribution < -0.4 is 4.90 Å². The van der Waals surface area contributed by atoms with E-state index in [9.17, 15) is 40.7 Å². The van der Waals surface area contributed by atoms with Gasteiger partial charge in [-0.1, -0.05) is 30.3 Å². The van der Waals surface area contributed by atoms with Crippen molar-refractivity contribution in [1.82, 2.24) is 19.8 Å². The maximum absolute atomic E-state index is 14.1. The lowest BCUT2D eigenvalue weighted by Crippen LogP contribution is -2.57. The molecule has 0 saturated carbocycles. The third kappa shape index (κ3) is 5.27. The van der Waals surface area contributed by atoms with Crippen molar-refractivity contribution in [3.63, 3.8) is 0 Å². The highest BCUT2D eigenvalue weighted by atomic mass is 19.4. The van der Waals surface area contributed by atoms with Crippen LogP contribution in [0, 0.1) is 6.92 Å². The minimum atomic E-state index is -5.11. The van der Waals surface area contributed by atoms with Gasteiger partial charge in [0.2, 0.25) is 0 Å². The maximum atomic E-state index is 14.1. The first kappa shape index (κ1) is 30.2. The Morgan fingerprint density at radius 3 is 2.09 bits per heavy atom. The molecule has 0 aliphatic carbocycles. The van der Waals surface area contributed by atoms with Crippen LogP contribution in [0.25, 0.3) is 11.0 Å². The van der Waals surface area contributed by atoms with Gasteiger partial charge in [0.1, 0.15) is 11.4 Å². The number of nitrogens with one attached hydrogen (secondary N) is 1. The maximum Gasteiger partial charge on any atom is 0.416 e. The average Bonchev–Trinajstić information content (AvgIpc) is 3.49. The molecule has 3 heterocycles. The van der Waals surface area contributed by atoms with Gasteiger partial charge in [-0.15, -0.1) is 0 Å². The lowest BCUT2D eigenvalue weighted by atomic mass is 9.84. The minimum Gasteiger partial charge on any atom is -0.340 e. The first-order valence-electron chi connectivity index (χ1n) is 13.9. The molecule has 0 atom stereocenters. The fourth-order valence-electron chi connectivity index (χ4n) is 6.03. The van der Waals surface area contributed by atoms with Gasteiger partial charge in [-0.2, -0.15) is 26.3 Å². The summed E-state index contributed by atoms with van der Waals surface area (Å²) in [5.74, 6) is -1.21. The second-order valence-corrected chi connectivity index (χ2v) is 11.1. The molecule has 0 unspecified atom stereocenters. The van der Waals surface area contributed by atoms with Gasteiger partial charge < -0.3 is 9.88 Å². The van der Waals surface area contributed by atoms with Gasteiger partial charge in [0.25, 0.3) is 11.8 Å². The van der Waals surface area contributed by atoms with Crippen molar-refractivity contribution >= 4 is 34.6 Å². The zero-order chi connectivity index (χ0) is 32.3. The highest BCUT2D eigenvalue weighted by molar-refractivity contribution is 6.17. The van der Waals surface area contributed by atoms with Gasteiger partial charge in [-0.3, -0.25) is 19.4 Å². The number of imidazole rings is 1. The molecule has 3 aromatic carbocycles. The van der Waals surface area contributed by atoms with E-state index in [1.165, 1.54) is 4.90 Å². The fourth-order valence-corrected chi connectivity index (χ4v) is 6.03. The topological polar surface area (TPSA) is 89.6 Å². The van der Waals surface area contributed by atoms with E-state index in [1.54, 1.807) is 49.4 Å². The number of aromatic nitrogens is 2. The number of anilines is 1. The summed E-state index contributed by atoms with van der Waals surface area (Å²) >= 11 is 0. The molecule has 1 aromatic heterocycles. The lowest BCUT2D eigenvalue weighted by Gasteiger charge is -2.42. The van der Waals surface area contributed by atoms with E-state index in [2.05, 4.69) is 9.97 Å². The monoisotopic (exact) mass is 629 g/mol. The van der Waals surface area contributed by atoms with Crippen molar-refractivity contribution in [1.29, 1.82) is 0 Å². The Kier molecular flexibility index (Phi) is 7.13. The van der Waals surface area contributed by atoms with E-state index in [4.69, 9.17) is 0 Å². The van der Waals surface area contributed by atoms with E-state index in [-0.39, 0.29) is 38.5 Å². The minimum absolute atomic E-state index is 0.0402. The van der Waals surface area contributed by atoms with Crippen LogP contribution >= 0.6 is 0 Å². The SMILES string of the molecule is Cc1ccccc1N1C(=O)N(Cc2nc3ccccc3[nH]2)C(=O)C12CCN(C(=O)c1cc(C(F)(F)F)cc(C(F)(F)F)c1)CC2. The molecule has 0 radical (unpaired) electrons. The number of amides is 4. The molecule has 4 amide bonds. The molecule has 14 heteroatoms. The van der Waals surface area contributed by atoms with Crippen LogP contribution in [0.2, 0.25) is 0 Å². The number of para-hydroxylation sites is 3. The first-order chi connectivity index (χ1) is 21.2. The van der Waals surface area contributed by atoms with E-state index in [0.717, 1.165) is 9.80 Å². The van der Waals surface area contributed by atoms with Gasteiger partial charge >= 0.3 is 18.4 Å². The molecule has 45 heavy (non-hydrogen) atoms. The predicted molar refractivity (Wildman–Crippen MR) is 150 cm³/mol. The van der Waals surface area contributed by atoms with Crippen molar-refractivity contribution < 1.29 is 40.7 Å². The second-order valence-electron chi connectivity index (χ2n) is 11.1. The molecule has 6 rings (SSSR count). The molecular formula is C31H25F6N5O3. The summed E-state index contributed by atoms with van der Waals surface area (Å²) in [5.41, 5.74) is -2.89. The quantitative estimate of drug-likeness (QED) is 0.205. The Bertz CT molecular complexity index is 1760. The predicted octanol–water partition coefficient (Wildman–Crippen LogP) is 6.55. The Balaban J connectivity index is 1.32. The molecule has 1 N–H and O–H groups in total. The molecule has 234 valence electrons. The van der Waals surface area contributed by atoms with Crippen LogP contribution in [0.5, 0.6) is 0 Å². The number of carbonyl (C=O) groups excluding carboxylic acids is 3. The van der Waals surface area contributed by atoms with Crippen LogP contribution in [0.4, 0.5) is 36.8 Å². The molecule has 2 saturated heterocycles. The normalized spacial score (nSPS) is 17.2. The number of nitrogens with zero attached hydrogens (tertiary/aromatic N) is 4. The zero-order valence-corrected chi connectivity index (χ0v) is 23.7. The summed E-state index contributed by atoms with van der Waals surface area (Å²) in [7, 11) is 0. The highest BCUT2D eigenvalue weighted by Crippen LogP contribution is 2.43. The van der Waals surface area contributed by atoms with Crippen molar-refractivity contribution in [2.45, 2.75) is 44.2 Å². The standard InChI is InChI=1S/C31H25F6N5O3/c1-18-6-2-5-9-24(18)42-28(45)41(17-25-38-22-7-3-4-8-23(22)39-25)27(44)29(42)10-12-40(13-11-29)26(43)19-14-20(30(32,33)34)16-21(15-19)31(35,36)37/h2-9,14-16H,10-13,17H2,1H3,(H,38,39). The third-order valence-corrected chi connectivity index (χ3v) is 8.31. The number of halogens is 6. The number of hydrogen-bond donors (Lipinski definition) is 1. The second kappa shape index (κ2) is 10.6. The number of aromatic amines is 1. The van der Waals surface area contributed by atoms with Crippen molar-refractivity contribution in [2.24, 2.45) is 0 Å². The summed E-state index contributed by atoms with van der Waals surface area (Å²) in [6.07, 6.45) is -10.4. The van der Waals surface area contributed by atoms with E-state index in [0.29, 0.717) is 40.2 Å². The molecule has 2 fully saturated rings. The van der Waals surface area contributed by atoms with Gasteiger partial charge in [-0.05, 0) is 61.7 Å². The van der Waals surface area contributed by atoms with Gasteiger partial charge in [0, 0.05) is 24.3 Å². The van der Waals surface area contributed by atoms with Crippen LogP contribution in [-0.2, 0) is 23.7 Å². The van der Waals surface area contributed by atoms with Gasteiger partial charge in [0.05, 0.1) is 28.7 Å². The smallest absolute Gasteiger partial charge is 0.340 e. The average molecular weight is 630 g/mol. The Labute approximate surface area is 252 Å². The third-order valence-electron chi connectivity index (χ3n) is 8.31. The van der Waals surface area contributed by atoms with Gasteiger partial charge in [-0.25, -0.2) is 9.78 Å². The van der Waals surface area contributed by atoms with E-state index < -0.39 is 52.4 Å². The van der Waals surface area contributed by atoms with Crippen LogP contribution in [0.15, 0.2) is 66.7 Å². The number of benzene rings is 3. The van der Waals surface area contributed by atoms with E-state index in [1.807, 2.05) is 6.07 Å². The van der Waals surface area contributed by atoms with Gasteiger partial charge in [0.15, 0.2) is 0 Å². The molecule has 8 nitrogen and oxygen atoms in total. The van der Waals surface area contributed by atoms with Crippen LogP contribution in [0.3, 0.4) is 0 Å². The number of hydrogen-bond acceptors (Lipinski definition) is 4. The van der Waals surface area contributed by atoms with Crippen LogP contribution in [-0.4, -0.2) is 56.2 Å². The van der Waals surface area contributed by atoms with Crippen molar-refractivity contribution in [3.05, 3.63) is 94.8 Å². The number of fused-ring (bicyclic) bond motifs is 1. The number of piperidine rings is 1. The van der Waals surface area contributed by atoms with E-state index >= 15 is 0 Å². The molecule has 0 bridgehead atoms. The summed E-state index contributed by atoms with van der Waals surface area (Å²) in [4.78, 5) is 52.5. The fraction of sp³-hybridized carbons (Fsp3) is 0.290. The molecule has 4 aromatic rings. The highest BCUT2D eigenvalue weighted by Gasteiger charge is 2.59. The summed E-state index contributed by atoms with van der Waals surface area (Å²) in [5, 5.41) is 0. The Morgan fingerprint density at radius 1 is 0.889 bits per heavy atom. The number of alkyl halides is 6. The number of likely N-dealkylation sites (tertiary alicyclic amines) is 1. The number of urea groups is 1. The largest absolute Gasteiger partial charge is 0.416 e. The number of H-pyrrole nitrogens is 1. The lowest BCUT2D eigenvalue weighted by molar-refractivity contribution is -0.143. The molecule has 1 spiro atoms. The molecular weight excluding hydrogens is 604 g/mol. The first-order valence-corrected chi connectivity index (χ1v) is 13.9.